The molecule has 1 amide bonds. The van der Waals surface area contributed by atoms with Crippen molar-refractivity contribution < 1.29 is 14.6 Å². The molecule has 2 rings (SSSR count). The number of hydrogen-bond donors (Lipinski definition) is 3. The van der Waals surface area contributed by atoms with Crippen molar-refractivity contribution in [3.05, 3.63) is 65.7 Å². The SMILES string of the molecule is CNC(=O)C(CO)NCc1ccc(OCc2ccccc2)cc1. The maximum Gasteiger partial charge on any atom is 0.239 e. The van der Waals surface area contributed by atoms with Crippen molar-refractivity contribution in [2.24, 2.45) is 0 Å². The predicted octanol–water partition coefficient (Wildman–Crippen LogP) is 1.46. The molecular formula is C18H22N2O3. The van der Waals surface area contributed by atoms with Crippen molar-refractivity contribution in [2.45, 2.75) is 19.2 Å². The van der Waals surface area contributed by atoms with Crippen LogP contribution in [0.2, 0.25) is 0 Å². The minimum atomic E-state index is -0.603. The molecule has 0 aliphatic carbocycles. The first-order chi connectivity index (χ1) is 11.2. The summed E-state index contributed by atoms with van der Waals surface area (Å²) in [7, 11) is 1.55. The molecule has 0 aliphatic rings. The van der Waals surface area contributed by atoms with E-state index in [9.17, 15) is 9.90 Å². The molecular weight excluding hydrogens is 292 g/mol. The maximum atomic E-state index is 11.5. The normalized spacial score (nSPS) is 11.7. The molecule has 0 aliphatic heterocycles. The molecule has 3 N–H and O–H groups in total. The van der Waals surface area contributed by atoms with Crippen LogP contribution >= 0.6 is 0 Å². The average Bonchev–Trinajstić information content (AvgIpc) is 2.62. The average molecular weight is 314 g/mol. The lowest BCUT2D eigenvalue weighted by Gasteiger charge is -2.14. The van der Waals surface area contributed by atoms with Gasteiger partial charge in [-0.15, -0.1) is 0 Å². The number of rotatable bonds is 8. The Hall–Kier alpha value is -2.37. The van der Waals surface area contributed by atoms with Gasteiger partial charge in [-0.1, -0.05) is 42.5 Å². The Labute approximate surface area is 136 Å². The summed E-state index contributed by atoms with van der Waals surface area (Å²) in [6.07, 6.45) is 0. The van der Waals surface area contributed by atoms with Crippen molar-refractivity contribution in [2.75, 3.05) is 13.7 Å². The minimum Gasteiger partial charge on any atom is -0.489 e. The lowest BCUT2D eigenvalue weighted by atomic mass is 10.2. The van der Waals surface area contributed by atoms with E-state index in [0.717, 1.165) is 16.9 Å². The first-order valence-corrected chi connectivity index (χ1v) is 7.54. The molecule has 0 saturated heterocycles. The van der Waals surface area contributed by atoms with E-state index in [2.05, 4.69) is 10.6 Å². The Morgan fingerprint density at radius 1 is 1.09 bits per heavy atom. The Morgan fingerprint density at radius 3 is 2.39 bits per heavy atom. The molecule has 0 spiro atoms. The van der Waals surface area contributed by atoms with E-state index in [1.807, 2.05) is 54.6 Å². The van der Waals surface area contributed by atoms with Crippen LogP contribution in [0, 0.1) is 0 Å². The van der Waals surface area contributed by atoms with Crippen LogP contribution < -0.4 is 15.4 Å². The molecule has 0 radical (unpaired) electrons. The van der Waals surface area contributed by atoms with Crippen LogP contribution in [0.4, 0.5) is 0 Å². The summed E-state index contributed by atoms with van der Waals surface area (Å²) in [5.41, 5.74) is 2.13. The molecule has 0 bridgehead atoms. The lowest BCUT2D eigenvalue weighted by molar-refractivity contribution is -0.123. The quantitative estimate of drug-likeness (QED) is 0.690. The minimum absolute atomic E-state index is 0.227. The van der Waals surface area contributed by atoms with Crippen LogP contribution in [0.25, 0.3) is 0 Å². The largest absolute Gasteiger partial charge is 0.489 e. The number of ether oxygens (including phenoxy) is 1. The third-order valence-corrected chi connectivity index (χ3v) is 3.47. The van der Waals surface area contributed by atoms with Crippen molar-refractivity contribution in [3.8, 4) is 5.75 Å². The smallest absolute Gasteiger partial charge is 0.239 e. The molecule has 0 saturated carbocycles. The van der Waals surface area contributed by atoms with Crippen molar-refractivity contribution >= 4 is 5.91 Å². The van der Waals surface area contributed by atoms with Gasteiger partial charge in [0, 0.05) is 13.6 Å². The van der Waals surface area contributed by atoms with Gasteiger partial charge in [0.1, 0.15) is 18.4 Å². The number of carbonyl (C=O) groups excluding carboxylic acids is 1. The topological polar surface area (TPSA) is 70.6 Å². The van der Waals surface area contributed by atoms with Gasteiger partial charge in [0.25, 0.3) is 0 Å². The maximum absolute atomic E-state index is 11.5. The summed E-state index contributed by atoms with van der Waals surface area (Å²) in [5, 5.41) is 14.7. The van der Waals surface area contributed by atoms with Crippen LogP contribution in [0.15, 0.2) is 54.6 Å². The van der Waals surface area contributed by atoms with Gasteiger partial charge in [-0.2, -0.15) is 0 Å². The third-order valence-electron chi connectivity index (χ3n) is 3.47. The van der Waals surface area contributed by atoms with E-state index in [1.54, 1.807) is 7.05 Å². The van der Waals surface area contributed by atoms with Crippen LogP contribution in [0.5, 0.6) is 5.75 Å². The van der Waals surface area contributed by atoms with Gasteiger partial charge >= 0.3 is 0 Å². The molecule has 0 aromatic heterocycles. The molecule has 5 heteroatoms. The van der Waals surface area contributed by atoms with E-state index < -0.39 is 6.04 Å². The number of hydrogen-bond acceptors (Lipinski definition) is 4. The Bertz CT molecular complexity index is 599. The number of benzene rings is 2. The highest BCUT2D eigenvalue weighted by Gasteiger charge is 2.14. The third kappa shape index (κ3) is 5.39. The summed E-state index contributed by atoms with van der Waals surface area (Å²) in [6.45, 7) is 0.789. The second-order valence-electron chi connectivity index (χ2n) is 5.15. The second-order valence-corrected chi connectivity index (χ2v) is 5.15. The Kier molecular flexibility index (Phi) is 6.59. The molecule has 2 aromatic rings. The summed E-state index contributed by atoms with van der Waals surface area (Å²) < 4.78 is 5.72. The molecule has 5 nitrogen and oxygen atoms in total. The molecule has 0 fully saturated rings. The van der Waals surface area contributed by atoms with Gasteiger partial charge in [-0.3, -0.25) is 10.1 Å². The number of nitrogens with one attached hydrogen (secondary N) is 2. The van der Waals surface area contributed by atoms with Crippen LogP contribution in [0.3, 0.4) is 0 Å². The van der Waals surface area contributed by atoms with Gasteiger partial charge < -0.3 is 15.2 Å². The monoisotopic (exact) mass is 314 g/mol. The van der Waals surface area contributed by atoms with Gasteiger partial charge in [-0.05, 0) is 23.3 Å². The van der Waals surface area contributed by atoms with E-state index in [1.165, 1.54) is 0 Å². The van der Waals surface area contributed by atoms with Crippen molar-refractivity contribution in [1.82, 2.24) is 10.6 Å². The molecule has 1 atom stereocenters. The van der Waals surface area contributed by atoms with Crippen molar-refractivity contribution in [1.29, 1.82) is 0 Å². The molecule has 2 aromatic carbocycles. The molecule has 1 unspecified atom stereocenters. The number of likely N-dealkylation sites (N-methyl/N-ethyl adjacent to an activating group) is 1. The van der Waals surface area contributed by atoms with E-state index in [-0.39, 0.29) is 12.5 Å². The fourth-order valence-corrected chi connectivity index (χ4v) is 2.10. The Balaban J connectivity index is 1.83. The van der Waals surface area contributed by atoms with Gasteiger partial charge in [0.15, 0.2) is 0 Å². The van der Waals surface area contributed by atoms with Crippen LogP contribution in [-0.4, -0.2) is 30.7 Å². The fraction of sp³-hybridized carbons (Fsp3) is 0.278. The summed E-state index contributed by atoms with van der Waals surface area (Å²) in [4.78, 5) is 11.5. The standard InChI is InChI=1S/C18H22N2O3/c1-19-18(22)17(12-21)20-11-14-7-9-16(10-8-14)23-13-15-5-3-2-4-6-15/h2-10,17,20-21H,11-13H2,1H3,(H,19,22). The second kappa shape index (κ2) is 8.92. The lowest BCUT2D eigenvalue weighted by Crippen LogP contribution is -2.44. The number of aliphatic hydroxyl groups is 1. The highest BCUT2D eigenvalue weighted by atomic mass is 16.5. The van der Waals surface area contributed by atoms with Crippen LogP contribution in [-0.2, 0) is 17.9 Å². The predicted molar refractivity (Wildman–Crippen MR) is 89.0 cm³/mol. The first kappa shape index (κ1) is 17.0. The van der Waals surface area contributed by atoms with Gasteiger partial charge in [0.2, 0.25) is 5.91 Å². The van der Waals surface area contributed by atoms with E-state index in [4.69, 9.17) is 4.74 Å². The summed E-state index contributed by atoms with van der Waals surface area (Å²) in [6, 6.07) is 17.0. The zero-order chi connectivity index (χ0) is 16.5. The van der Waals surface area contributed by atoms with Gasteiger partial charge in [-0.25, -0.2) is 0 Å². The zero-order valence-corrected chi connectivity index (χ0v) is 13.2. The van der Waals surface area contributed by atoms with Crippen molar-refractivity contribution in [3.63, 3.8) is 0 Å². The number of aliphatic hydroxyl groups excluding tert-OH is 1. The highest BCUT2D eigenvalue weighted by Crippen LogP contribution is 2.14. The zero-order valence-electron chi connectivity index (χ0n) is 13.2. The molecule has 23 heavy (non-hydrogen) atoms. The van der Waals surface area contributed by atoms with Gasteiger partial charge in [0.05, 0.1) is 6.61 Å². The molecule has 0 heterocycles. The fourth-order valence-electron chi connectivity index (χ4n) is 2.10. The Morgan fingerprint density at radius 2 is 1.78 bits per heavy atom. The van der Waals surface area contributed by atoms with Crippen LogP contribution in [0.1, 0.15) is 11.1 Å². The highest BCUT2D eigenvalue weighted by molar-refractivity contribution is 5.81. The first-order valence-electron chi connectivity index (χ1n) is 7.54. The van der Waals surface area contributed by atoms with E-state index in [0.29, 0.717) is 13.2 Å². The molecule has 122 valence electrons. The summed E-state index contributed by atoms with van der Waals surface area (Å²) in [5.74, 6) is 0.568. The van der Waals surface area contributed by atoms with E-state index >= 15 is 0 Å². The summed E-state index contributed by atoms with van der Waals surface area (Å²) >= 11 is 0. The number of carbonyl (C=O) groups is 1. The number of amides is 1.